The number of H-pyrrole nitrogens is 2. The van der Waals surface area contributed by atoms with E-state index in [1.165, 1.54) is 114 Å². The summed E-state index contributed by atoms with van der Waals surface area (Å²) in [4.78, 5) is 51.7. The Labute approximate surface area is 501 Å². The molecule has 10 rings (SSSR count). The van der Waals surface area contributed by atoms with Crippen LogP contribution in [0.4, 0.5) is 0 Å². The average Bonchev–Trinajstić information content (AvgIpc) is 4.24. The fourth-order valence-corrected chi connectivity index (χ4v) is 7.99. The maximum atomic E-state index is 12.5. The third-order valence-electron chi connectivity index (χ3n) is 11.9. The van der Waals surface area contributed by atoms with Gasteiger partial charge in [0.1, 0.15) is 15.7 Å². The summed E-state index contributed by atoms with van der Waals surface area (Å²) in [7, 11) is 6.05. The zero-order valence-electron chi connectivity index (χ0n) is 45.3. The normalized spacial score (nSPS) is 13.5. The van der Waals surface area contributed by atoms with Crippen molar-refractivity contribution in [2.45, 2.75) is 71.0 Å². The number of carbonyl (C=O) groups is 2. The summed E-state index contributed by atoms with van der Waals surface area (Å²) in [6.07, 6.45) is 21.6. The first kappa shape index (κ1) is 68.1. The predicted octanol–water partition coefficient (Wildman–Crippen LogP) is 9.38. The van der Waals surface area contributed by atoms with Gasteiger partial charge in [0.05, 0.1) is 114 Å². The summed E-state index contributed by atoms with van der Waals surface area (Å²) >= 11 is 26.5. The molecule has 0 aliphatic heterocycles. The maximum Gasteiger partial charge on any atom is 0.354 e. The molecule has 22 nitrogen and oxygen atoms in total. The minimum Gasteiger partial charge on any atom is -0.870 e. The smallest absolute Gasteiger partial charge is 0.354 e. The number of methoxy groups -OCH3 is 4. The van der Waals surface area contributed by atoms with Crippen LogP contribution in [-0.2, 0) is 19.6 Å². The molecule has 4 fully saturated rings. The Kier molecular flexibility index (Phi) is 28.9. The molecule has 8 N–H and O–H groups in total. The summed E-state index contributed by atoms with van der Waals surface area (Å²) in [5.41, 5.74) is 1.68. The minimum atomic E-state index is -1.07. The minimum absolute atomic E-state index is 0. The van der Waals surface area contributed by atoms with Crippen LogP contribution < -0.4 is 48.9 Å². The van der Waals surface area contributed by atoms with Crippen LogP contribution in [-0.4, -0.2) is 116 Å². The fourth-order valence-electron chi connectivity index (χ4n) is 6.38. The standard InChI is InChI=1S/C17H16Cl2N2O3.C11H13NO4.C11H15NO3.C7H9NO3.C5H4Cl2N2O.C4H7Br.H2O/c1-23-17-8-21-14(5-16(17)24-9-10-2-3-10)15(22)4-11-12(18)6-20-7-13(11)19;1-15-10-5-12-8(11(13)14)4-9(10)16-6-7-2-3-7;1-14-11-5-12-9(6-13)4-10(11)15-7-8-2-3-8;1-11-7-3-8-5(4-9)2-6(7)10;6-3-1-9(10)2-4(7)5(3)8;5-3-4-1-2-4;/h5-8,10H,2-4,9H2,1H3;4-5,7H,2-3,6H2,1H3,(H,13,14);4-5,8,13H,2-3,6-7H2,1H3;2-3,9H,4H2,1H3,(H,8,10);1-2,8,10H;4H,1-3H2;1H2. The lowest BCUT2D eigenvalue weighted by molar-refractivity contribution is -0.377. The van der Waals surface area contributed by atoms with Crippen molar-refractivity contribution < 1.29 is 73.7 Å². The van der Waals surface area contributed by atoms with Crippen molar-refractivity contribution in [3.8, 4) is 40.2 Å². The number of nitrogens with one attached hydrogen (secondary N) is 3. The van der Waals surface area contributed by atoms with Crippen LogP contribution in [0.5, 0.6) is 40.2 Å². The van der Waals surface area contributed by atoms with E-state index in [0.717, 1.165) is 12.5 Å². The highest BCUT2D eigenvalue weighted by Gasteiger charge is 2.26. The van der Waals surface area contributed by atoms with Gasteiger partial charge in [-0.15, -0.1) is 0 Å². The maximum absolute atomic E-state index is 12.5. The van der Waals surface area contributed by atoms with E-state index in [1.807, 2.05) is 0 Å². The van der Waals surface area contributed by atoms with E-state index < -0.39 is 5.97 Å². The molecular formula is C55H66BrCl4N7O15. The molecule has 0 aromatic carbocycles. The number of ketones is 1. The number of carboxylic acid groups (broad SMARTS) is 1. The van der Waals surface area contributed by atoms with Gasteiger partial charge in [0.15, 0.2) is 64.1 Å². The van der Waals surface area contributed by atoms with Crippen molar-refractivity contribution in [3.05, 3.63) is 138 Å². The monoisotopic (exact) mass is 1280 g/mol. The molecule has 82 heavy (non-hydrogen) atoms. The second-order valence-corrected chi connectivity index (χ2v) is 20.9. The van der Waals surface area contributed by atoms with Crippen LogP contribution in [0, 0.1) is 29.1 Å². The number of aliphatic hydroxyl groups excluding tert-OH is 2. The number of carboxylic acids is 1. The van der Waals surface area contributed by atoms with Gasteiger partial charge in [0.2, 0.25) is 5.43 Å². The molecule has 4 aliphatic carbocycles. The molecule has 4 aliphatic rings. The van der Waals surface area contributed by atoms with Gasteiger partial charge in [-0.25, -0.2) is 19.7 Å². The Hall–Kier alpha value is -6.44. The van der Waals surface area contributed by atoms with E-state index in [1.54, 1.807) is 44.9 Å². The van der Waals surface area contributed by atoms with Crippen LogP contribution in [0.2, 0.25) is 20.1 Å². The van der Waals surface area contributed by atoms with Gasteiger partial charge in [-0.2, -0.15) is 4.73 Å². The van der Waals surface area contributed by atoms with E-state index in [-0.39, 0.29) is 63.2 Å². The number of hydrogen-bond donors (Lipinski definition) is 6. The van der Waals surface area contributed by atoms with E-state index in [0.29, 0.717) is 103 Å². The van der Waals surface area contributed by atoms with Crippen LogP contribution in [0.15, 0.2) is 78.6 Å². The summed E-state index contributed by atoms with van der Waals surface area (Å²) in [5.74, 6) is 5.18. The Morgan fingerprint density at radius 2 is 1.10 bits per heavy atom. The Balaban J connectivity index is 0.000000222. The fraction of sp³-hybridized carbons (Fsp3) is 0.418. The molecule has 0 amide bonds. The topological polar surface area (TPSA) is 324 Å². The summed E-state index contributed by atoms with van der Waals surface area (Å²) in [5, 5.41) is 44.6. The lowest BCUT2D eigenvalue weighted by Crippen LogP contribution is -2.11. The van der Waals surface area contributed by atoms with Crippen LogP contribution >= 0.6 is 62.3 Å². The van der Waals surface area contributed by atoms with Crippen LogP contribution in [0.1, 0.15) is 89.3 Å². The lowest BCUT2D eigenvalue weighted by Gasteiger charge is -2.11. The van der Waals surface area contributed by atoms with Crippen molar-refractivity contribution in [1.82, 2.24) is 24.7 Å². The van der Waals surface area contributed by atoms with Gasteiger partial charge in [-0.1, -0.05) is 62.3 Å². The summed E-state index contributed by atoms with van der Waals surface area (Å²) in [6.45, 7) is 1.72. The molecule has 0 unspecified atom stereocenters. The summed E-state index contributed by atoms with van der Waals surface area (Å²) in [6, 6.07) is 6.03. The molecule has 6 aromatic rings. The van der Waals surface area contributed by atoms with Crippen LogP contribution in [0.25, 0.3) is 0 Å². The molecule has 27 heteroatoms. The van der Waals surface area contributed by atoms with Crippen molar-refractivity contribution in [3.63, 3.8) is 0 Å². The van der Waals surface area contributed by atoms with Gasteiger partial charge in [0, 0.05) is 53.5 Å². The van der Waals surface area contributed by atoms with Crippen molar-refractivity contribution in [2.24, 2.45) is 23.7 Å². The molecule has 6 aromatic heterocycles. The van der Waals surface area contributed by atoms with Gasteiger partial charge in [-0.3, -0.25) is 20.0 Å². The SMILES string of the molecule is BrCC1CC1.COc1c[nH]c(CO)cc1=O.COc1cnc(C(=O)Cc2c(Cl)c[nH+]cc2Cl)cc1OCC1CC1.COc1cnc(C(=O)O)cc1OCC1CC1.COc1cnc(CO)cc1OCC1CC1.N=c1c(Cl)cn(O)cc1Cl.[OH-]. The van der Waals surface area contributed by atoms with E-state index in [2.05, 4.69) is 40.8 Å². The Morgan fingerprint density at radius 3 is 1.49 bits per heavy atom. The lowest BCUT2D eigenvalue weighted by atomic mass is 10.1. The van der Waals surface area contributed by atoms with Crippen molar-refractivity contribution in [1.29, 1.82) is 5.41 Å². The zero-order chi connectivity index (χ0) is 59.0. The largest absolute Gasteiger partial charge is 0.870 e. The highest BCUT2D eigenvalue weighted by atomic mass is 79.9. The number of hydrogen-bond acceptors (Lipinski definition) is 18. The number of alkyl halides is 1. The quantitative estimate of drug-likeness (QED) is 0.0235. The van der Waals surface area contributed by atoms with E-state index in [9.17, 15) is 14.4 Å². The van der Waals surface area contributed by atoms with Crippen molar-refractivity contribution in [2.75, 3.05) is 53.6 Å². The molecule has 0 saturated heterocycles. The number of carbonyl (C=O) groups excluding carboxylic acids is 1. The van der Waals surface area contributed by atoms with Gasteiger partial charge in [-0.05, 0) is 75.0 Å². The number of rotatable bonds is 20. The zero-order valence-corrected chi connectivity index (χ0v) is 50.0. The van der Waals surface area contributed by atoms with Gasteiger partial charge >= 0.3 is 5.97 Å². The van der Waals surface area contributed by atoms with E-state index in [4.69, 9.17) is 105 Å². The van der Waals surface area contributed by atoms with E-state index >= 15 is 0 Å². The Bertz CT molecular complexity index is 3080. The number of aromatic nitrogens is 6. The molecule has 0 bridgehead atoms. The number of pyridine rings is 6. The van der Waals surface area contributed by atoms with Gasteiger partial charge in [0.25, 0.3) is 0 Å². The number of aromatic amines is 2. The first-order valence-corrected chi connectivity index (χ1v) is 28.0. The number of aromatic carboxylic acids is 1. The summed E-state index contributed by atoms with van der Waals surface area (Å²) < 4.78 is 37.8. The first-order valence-electron chi connectivity index (χ1n) is 25.4. The molecule has 6 heterocycles. The first-order chi connectivity index (χ1) is 38.9. The van der Waals surface area contributed by atoms with Crippen molar-refractivity contribution >= 4 is 74.1 Å². The molecule has 446 valence electrons. The third kappa shape index (κ3) is 23.4. The number of halogens is 5. The highest BCUT2D eigenvalue weighted by Crippen LogP contribution is 2.36. The number of nitrogens with zero attached hydrogens (tertiary/aromatic N) is 4. The Morgan fingerprint density at radius 1 is 0.659 bits per heavy atom. The average molecular weight is 1290 g/mol. The number of Topliss-reactive ketones (excluding diaryl/α,β-unsaturated/α-hetero) is 1. The molecular weight excluding hydrogens is 1220 g/mol. The van der Waals surface area contributed by atoms with Gasteiger partial charge < -0.3 is 64.1 Å². The molecule has 4 saturated carbocycles. The second-order valence-electron chi connectivity index (χ2n) is 18.6. The second kappa shape index (κ2) is 34.9. The molecule has 0 atom stereocenters. The number of aliphatic hydroxyl groups is 2. The highest BCUT2D eigenvalue weighted by molar-refractivity contribution is 9.09. The predicted molar refractivity (Wildman–Crippen MR) is 306 cm³/mol. The third-order valence-corrected chi connectivity index (χ3v) is 14.1. The number of ether oxygens (including phenoxy) is 7. The van der Waals surface area contributed by atoms with Crippen LogP contribution in [0.3, 0.4) is 0 Å². The molecule has 0 radical (unpaired) electrons. The molecule has 0 spiro atoms.